The monoisotopic (exact) mass is 516 g/mol. The molecule has 0 spiro atoms. The van der Waals surface area contributed by atoms with Crippen molar-refractivity contribution in [1.29, 1.82) is 0 Å². The molecule has 2 unspecified atom stereocenters. The van der Waals surface area contributed by atoms with Crippen molar-refractivity contribution in [2.24, 2.45) is 11.8 Å². The summed E-state index contributed by atoms with van der Waals surface area (Å²) in [5.41, 5.74) is 2.94. The molecule has 2 aliphatic carbocycles. The van der Waals surface area contributed by atoms with Crippen LogP contribution in [0.5, 0.6) is 0 Å². The summed E-state index contributed by atoms with van der Waals surface area (Å²) < 4.78 is 0. The van der Waals surface area contributed by atoms with Gasteiger partial charge in [-0.3, -0.25) is 12.2 Å². The summed E-state index contributed by atoms with van der Waals surface area (Å²) in [6, 6.07) is 0. The molecule has 0 heterocycles. The molecule has 0 saturated heterocycles. The smallest absolute Gasteiger partial charge is 0.269 e. The van der Waals surface area contributed by atoms with Gasteiger partial charge in [0.05, 0.1) is 0 Å². The summed E-state index contributed by atoms with van der Waals surface area (Å²) in [5, 5.41) is 0. The van der Waals surface area contributed by atoms with Crippen LogP contribution < -0.4 is 0 Å². The Labute approximate surface area is 214 Å². The summed E-state index contributed by atoms with van der Waals surface area (Å²) >= 11 is 0. The van der Waals surface area contributed by atoms with E-state index in [9.17, 15) is 0 Å². The van der Waals surface area contributed by atoms with Gasteiger partial charge in [-0.15, -0.1) is 37.7 Å². The van der Waals surface area contributed by atoms with Gasteiger partial charge in [-0.1, -0.05) is 90.9 Å². The zero-order valence-corrected chi connectivity index (χ0v) is 23.4. The van der Waals surface area contributed by atoms with E-state index in [1.165, 1.54) is 75.4 Å². The first-order valence-electron chi connectivity index (χ1n) is 11.3. The van der Waals surface area contributed by atoms with Crippen LogP contribution in [0.1, 0.15) is 105 Å². The van der Waals surface area contributed by atoms with Gasteiger partial charge >= 0.3 is 26.2 Å². The van der Waals surface area contributed by atoms with Crippen LogP contribution in [0.2, 0.25) is 0 Å². The van der Waals surface area contributed by atoms with Crippen molar-refractivity contribution >= 4 is 24.8 Å². The molecule has 0 nitrogen and oxygen atoms in total. The topological polar surface area (TPSA) is 0 Å². The second-order valence-corrected chi connectivity index (χ2v) is 7.68. The fourth-order valence-corrected chi connectivity index (χ4v) is 3.84. The van der Waals surface area contributed by atoms with Gasteiger partial charge in [-0.25, -0.2) is 23.3 Å². The van der Waals surface area contributed by atoms with Crippen molar-refractivity contribution < 1.29 is 26.2 Å². The Bertz CT molecular complexity index is 433. The summed E-state index contributed by atoms with van der Waals surface area (Å²) in [6.45, 7) is 9.11. The third-order valence-electron chi connectivity index (χ3n) is 5.62. The fraction of sp³-hybridized carbons (Fsp3) is 0.692. The van der Waals surface area contributed by atoms with E-state index in [-0.39, 0.29) is 51.0 Å². The van der Waals surface area contributed by atoms with E-state index in [2.05, 4.69) is 64.2 Å². The van der Waals surface area contributed by atoms with Crippen molar-refractivity contribution in [2.75, 3.05) is 0 Å². The first-order valence-corrected chi connectivity index (χ1v) is 11.3. The van der Waals surface area contributed by atoms with Gasteiger partial charge in [-0.05, 0) is 12.8 Å². The molecule has 0 aliphatic heterocycles. The Kier molecular flexibility index (Phi) is 27.1. The minimum Gasteiger partial charge on any atom is -0.269 e. The van der Waals surface area contributed by atoms with Crippen LogP contribution in [0.4, 0.5) is 0 Å². The zero-order valence-electron chi connectivity index (χ0n) is 19.3. The Morgan fingerprint density at radius 3 is 1.31 bits per heavy atom. The first kappa shape index (κ1) is 34.0. The van der Waals surface area contributed by atoms with E-state index in [1.54, 1.807) is 0 Å². The van der Waals surface area contributed by atoms with Crippen molar-refractivity contribution in [1.82, 2.24) is 0 Å². The molecule has 3 heteroatoms. The average molecular weight is 519 g/mol. The van der Waals surface area contributed by atoms with Crippen LogP contribution in [0.25, 0.3) is 0 Å². The van der Waals surface area contributed by atoms with Crippen LogP contribution in [0.15, 0.2) is 35.5 Å². The molecule has 0 aromatic carbocycles. The van der Waals surface area contributed by atoms with Crippen LogP contribution >= 0.6 is 24.8 Å². The number of unbranched alkanes of at least 4 members (excludes halogenated alkanes) is 4. The summed E-state index contributed by atoms with van der Waals surface area (Å²) in [5.74, 6) is 1.57. The van der Waals surface area contributed by atoms with Crippen LogP contribution in [0, 0.1) is 24.0 Å². The molecule has 0 fully saturated rings. The minimum absolute atomic E-state index is 0. The molecule has 2 aliphatic rings. The predicted molar refractivity (Wildman–Crippen MR) is 131 cm³/mol. The van der Waals surface area contributed by atoms with E-state index in [1.807, 2.05) is 0 Å². The van der Waals surface area contributed by atoms with E-state index in [4.69, 9.17) is 0 Å². The van der Waals surface area contributed by atoms with E-state index < -0.39 is 0 Å². The fourth-order valence-electron chi connectivity index (χ4n) is 3.84. The Morgan fingerprint density at radius 1 is 0.690 bits per heavy atom. The number of halogens is 2. The molecule has 166 valence electrons. The molecule has 0 bridgehead atoms. The van der Waals surface area contributed by atoms with Gasteiger partial charge in [0.2, 0.25) is 0 Å². The van der Waals surface area contributed by atoms with Crippen molar-refractivity contribution in [3.63, 3.8) is 0 Å². The SMILES string of the molecule is CCCCCC(CC)C1=[C-]CC=C1.CCCCCC(CC)C1=[C-]CC=C1.Cl.Cl.[Zr+2]. The maximum Gasteiger partial charge on any atom is 2.00 e. The van der Waals surface area contributed by atoms with E-state index in [0.29, 0.717) is 0 Å². The standard InChI is InChI=1S/2C13H21.2ClH.Zr/c2*1-3-5-6-9-12(4-2)13-10-7-8-11-13;;;/h2*7,10,12H,3-6,8-9H2,1-2H3;2*1H;/q2*-1;;;+2. The van der Waals surface area contributed by atoms with Crippen LogP contribution in [0.3, 0.4) is 0 Å². The van der Waals surface area contributed by atoms with Gasteiger partial charge < -0.3 is 0 Å². The third kappa shape index (κ3) is 15.0. The summed E-state index contributed by atoms with van der Waals surface area (Å²) in [7, 11) is 0. The first-order chi connectivity index (χ1) is 12.8. The van der Waals surface area contributed by atoms with Gasteiger partial charge in [0, 0.05) is 0 Å². The zero-order chi connectivity index (χ0) is 19.0. The molecule has 0 aromatic rings. The average Bonchev–Trinajstić information content (AvgIpc) is 3.37. The Balaban J connectivity index is -0.000000422. The van der Waals surface area contributed by atoms with E-state index >= 15 is 0 Å². The summed E-state index contributed by atoms with van der Waals surface area (Å²) in [6.07, 6.45) is 31.4. The molecule has 0 aromatic heterocycles. The minimum atomic E-state index is 0. The second-order valence-electron chi connectivity index (χ2n) is 7.68. The van der Waals surface area contributed by atoms with Gasteiger partial charge in [0.1, 0.15) is 0 Å². The largest absolute Gasteiger partial charge is 2.00 e. The number of allylic oxidation sites excluding steroid dienone is 8. The van der Waals surface area contributed by atoms with Gasteiger partial charge in [0.25, 0.3) is 0 Å². The van der Waals surface area contributed by atoms with Crippen molar-refractivity contribution in [2.45, 2.75) is 105 Å². The van der Waals surface area contributed by atoms with Gasteiger partial charge in [0.15, 0.2) is 0 Å². The predicted octanol–water partition coefficient (Wildman–Crippen LogP) is 9.41. The molecule has 0 N–H and O–H groups in total. The molecule has 0 radical (unpaired) electrons. The third-order valence-corrected chi connectivity index (χ3v) is 5.62. The Hall–Kier alpha value is 0.423. The van der Waals surface area contributed by atoms with Crippen LogP contribution in [-0.4, -0.2) is 0 Å². The molecule has 29 heavy (non-hydrogen) atoms. The maximum atomic E-state index is 3.44. The van der Waals surface area contributed by atoms with Crippen molar-refractivity contribution in [3.8, 4) is 0 Å². The normalized spacial score (nSPS) is 15.7. The second kappa shape index (κ2) is 23.1. The number of hydrogen-bond donors (Lipinski definition) is 0. The van der Waals surface area contributed by atoms with Crippen LogP contribution in [-0.2, 0) is 26.2 Å². The molecule has 2 rings (SSSR count). The summed E-state index contributed by atoms with van der Waals surface area (Å²) in [4.78, 5) is 0. The molecular weight excluding hydrogens is 474 g/mol. The Morgan fingerprint density at radius 2 is 1.07 bits per heavy atom. The quantitative estimate of drug-likeness (QED) is 0.178. The van der Waals surface area contributed by atoms with Crippen molar-refractivity contribution in [3.05, 3.63) is 47.6 Å². The number of hydrogen-bond acceptors (Lipinski definition) is 0. The molecule has 0 amide bonds. The maximum absolute atomic E-state index is 3.44. The number of rotatable bonds is 12. The molecule has 0 saturated carbocycles. The molecule has 2 atom stereocenters. The van der Waals surface area contributed by atoms with E-state index in [0.717, 1.165) is 24.7 Å². The van der Waals surface area contributed by atoms with Gasteiger partial charge in [-0.2, -0.15) is 12.2 Å². The molecular formula is C26H44Cl2Zr.